The molecule has 0 spiro atoms. The third-order valence-electron chi connectivity index (χ3n) is 2.13. The Labute approximate surface area is 77.3 Å². The molecule has 1 aliphatic rings. The third-order valence-corrected chi connectivity index (χ3v) is 2.58. The Morgan fingerprint density at radius 2 is 2.33 bits per heavy atom. The van der Waals surface area contributed by atoms with Crippen LogP contribution >= 0.6 is 11.6 Å². The number of alkyl halides is 1. The molecular formula is C10H11ClO. The summed E-state index contributed by atoms with van der Waals surface area (Å²) in [6.45, 7) is 2.81. The zero-order chi connectivity index (χ0) is 8.55. The van der Waals surface area contributed by atoms with E-state index in [0.717, 1.165) is 24.3 Å². The maximum atomic E-state index is 6.14. The average Bonchev–Trinajstić information content (AvgIpc) is 2.07. The van der Waals surface area contributed by atoms with E-state index in [0.29, 0.717) is 0 Å². The molecule has 0 N–H and O–H groups in total. The minimum absolute atomic E-state index is 0.133. The van der Waals surface area contributed by atoms with Gasteiger partial charge < -0.3 is 4.74 Å². The Bertz CT molecular complexity index is 296. The standard InChI is InChI=1S/C10H11ClO/c1-7-2-3-10-8(6-7)9(11)4-5-12-10/h2-3,6,9H,4-5H2,1H3. The van der Waals surface area contributed by atoms with Crippen LogP contribution in [0.2, 0.25) is 0 Å². The van der Waals surface area contributed by atoms with Gasteiger partial charge in [0, 0.05) is 12.0 Å². The predicted molar refractivity (Wildman–Crippen MR) is 49.9 cm³/mol. The summed E-state index contributed by atoms with van der Waals surface area (Å²) in [5.74, 6) is 0.951. The molecule has 12 heavy (non-hydrogen) atoms. The van der Waals surface area contributed by atoms with E-state index in [4.69, 9.17) is 16.3 Å². The lowest BCUT2D eigenvalue weighted by Crippen LogP contribution is -2.10. The maximum Gasteiger partial charge on any atom is 0.123 e. The molecule has 1 aromatic carbocycles. The van der Waals surface area contributed by atoms with Crippen LogP contribution in [0.4, 0.5) is 0 Å². The van der Waals surface area contributed by atoms with E-state index in [1.807, 2.05) is 12.1 Å². The summed E-state index contributed by atoms with van der Waals surface area (Å²) in [5.41, 5.74) is 2.38. The number of rotatable bonds is 0. The monoisotopic (exact) mass is 182 g/mol. The van der Waals surface area contributed by atoms with Crippen molar-refractivity contribution in [1.29, 1.82) is 0 Å². The van der Waals surface area contributed by atoms with Crippen LogP contribution in [-0.2, 0) is 0 Å². The van der Waals surface area contributed by atoms with Gasteiger partial charge in [0.25, 0.3) is 0 Å². The predicted octanol–water partition coefficient (Wildman–Crippen LogP) is 3.06. The summed E-state index contributed by atoms with van der Waals surface area (Å²) in [6.07, 6.45) is 0.915. The summed E-state index contributed by atoms with van der Waals surface area (Å²) in [7, 11) is 0. The van der Waals surface area contributed by atoms with Crippen molar-refractivity contribution >= 4 is 11.6 Å². The first-order valence-electron chi connectivity index (χ1n) is 4.15. The van der Waals surface area contributed by atoms with Gasteiger partial charge in [0.05, 0.1) is 12.0 Å². The highest BCUT2D eigenvalue weighted by atomic mass is 35.5. The molecule has 1 aliphatic heterocycles. The summed E-state index contributed by atoms with van der Waals surface area (Å²) in [4.78, 5) is 0. The van der Waals surface area contributed by atoms with Crippen LogP contribution in [0.5, 0.6) is 5.75 Å². The van der Waals surface area contributed by atoms with Gasteiger partial charge in [0.2, 0.25) is 0 Å². The van der Waals surface area contributed by atoms with E-state index in [9.17, 15) is 0 Å². The number of ether oxygens (including phenoxy) is 1. The summed E-state index contributed by atoms with van der Waals surface area (Å²) < 4.78 is 5.46. The van der Waals surface area contributed by atoms with Crippen LogP contribution in [0.1, 0.15) is 22.9 Å². The van der Waals surface area contributed by atoms with Gasteiger partial charge in [0.15, 0.2) is 0 Å². The molecular weight excluding hydrogens is 172 g/mol. The zero-order valence-corrected chi connectivity index (χ0v) is 7.77. The minimum atomic E-state index is 0.133. The second-order valence-corrected chi connectivity index (χ2v) is 3.67. The fourth-order valence-electron chi connectivity index (χ4n) is 1.47. The van der Waals surface area contributed by atoms with Crippen LogP contribution in [0.3, 0.4) is 0 Å². The van der Waals surface area contributed by atoms with Gasteiger partial charge in [0.1, 0.15) is 5.75 Å². The fraction of sp³-hybridized carbons (Fsp3) is 0.400. The second kappa shape index (κ2) is 2.98. The molecule has 64 valence electrons. The van der Waals surface area contributed by atoms with E-state index in [2.05, 4.69) is 13.0 Å². The largest absolute Gasteiger partial charge is 0.493 e. The first kappa shape index (κ1) is 7.93. The van der Waals surface area contributed by atoms with Crippen molar-refractivity contribution in [3.05, 3.63) is 29.3 Å². The molecule has 0 saturated heterocycles. The van der Waals surface area contributed by atoms with Crippen molar-refractivity contribution in [2.45, 2.75) is 18.7 Å². The number of halogens is 1. The minimum Gasteiger partial charge on any atom is -0.493 e. The lowest BCUT2D eigenvalue weighted by Gasteiger charge is -2.21. The quantitative estimate of drug-likeness (QED) is 0.561. The Morgan fingerprint density at radius 1 is 1.50 bits per heavy atom. The summed E-state index contributed by atoms with van der Waals surface area (Å²) in [5, 5.41) is 0.133. The van der Waals surface area contributed by atoms with Crippen LogP contribution in [0.25, 0.3) is 0 Å². The lowest BCUT2D eigenvalue weighted by molar-refractivity contribution is 0.285. The molecule has 0 aliphatic carbocycles. The van der Waals surface area contributed by atoms with Gasteiger partial charge in [-0.3, -0.25) is 0 Å². The van der Waals surface area contributed by atoms with Crippen LogP contribution in [0.15, 0.2) is 18.2 Å². The van der Waals surface area contributed by atoms with Gasteiger partial charge in [-0.2, -0.15) is 0 Å². The van der Waals surface area contributed by atoms with E-state index >= 15 is 0 Å². The van der Waals surface area contributed by atoms with Gasteiger partial charge in [-0.1, -0.05) is 17.7 Å². The number of benzene rings is 1. The number of fused-ring (bicyclic) bond motifs is 1. The number of hydrogen-bond donors (Lipinski definition) is 0. The number of hydrogen-bond acceptors (Lipinski definition) is 1. The third kappa shape index (κ3) is 1.29. The van der Waals surface area contributed by atoms with Crippen LogP contribution < -0.4 is 4.74 Å². The Hall–Kier alpha value is -0.690. The average molecular weight is 183 g/mol. The molecule has 2 heteroatoms. The van der Waals surface area contributed by atoms with Crippen molar-refractivity contribution in [3.63, 3.8) is 0 Å². The Kier molecular flexibility index (Phi) is 1.97. The van der Waals surface area contributed by atoms with E-state index in [1.165, 1.54) is 5.56 Å². The van der Waals surface area contributed by atoms with Gasteiger partial charge in [-0.15, -0.1) is 11.6 Å². The van der Waals surface area contributed by atoms with Crippen molar-refractivity contribution in [3.8, 4) is 5.75 Å². The van der Waals surface area contributed by atoms with Gasteiger partial charge in [-0.05, 0) is 13.0 Å². The van der Waals surface area contributed by atoms with Gasteiger partial charge in [-0.25, -0.2) is 0 Å². The van der Waals surface area contributed by atoms with Crippen LogP contribution in [0, 0.1) is 6.92 Å². The highest BCUT2D eigenvalue weighted by Crippen LogP contribution is 2.36. The van der Waals surface area contributed by atoms with Crippen molar-refractivity contribution in [1.82, 2.24) is 0 Å². The zero-order valence-electron chi connectivity index (χ0n) is 7.01. The van der Waals surface area contributed by atoms with E-state index in [-0.39, 0.29) is 5.38 Å². The fourth-order valence-corrected chi connectivity index (χ4v) is 1.73. The summed E-state index contributed by atoms with van der Waals surface area (Å²) in [6, 6.07) is 6.15. The first-order chi connectivity index (χ1) is 5.77. The van der Waals surface area contributed by atoms with Crippen LogP contribution in [-0.4, -0.2) is 6.61 Å². The molecule has 0 amide bonds. The van der Waals surface area contributed by atoms with Crippen molar-refractivity contribution < 1.29 is 4.74 Å². The highest BCUT2D eigenvalue weighted by molar-refractivity contribution is 6.21. The van der Waals surface area contributed by atoms with Gasteiger partial charge >= 0.3 is 0 Å². The van der Waals surface area contributed by atoms with Crippen molar-refractivity contribution in [2.24, 2.45) is 0 Å². The van der Waals surface area contributed by atoms with E-state index in [1.54, 1.807) is 0 Å². The molecule has 0 radical (unpaired) electrons. The second-order valence-electron chi connectivity index (χ2n) is 3.15. The van der Waals surface area contributed by atoms with Crippen molar-refractivity contribution in [2.75, 3.05) is 6.61 Å². The smallest absolute Gasteiger partial charge is 0.123 e. The molecule has 0 saturated carbocycles. The molecule has 1 aromatic rings. The highest BCUT2D eigenvalue weighted by Gasteiger charge is 2.18. The topological polar surface area (TPSA) is 9.23 Å². The molecule has 1 unspecified atom stereocenters. The SMILES string of the molecule is Cc1ccc2c(c1)C(Cl)CCO2. The Balaban J connectivity index is 2.47. The lowest BCUT2D eigenvalue weighted by atomic mass is 10.0. The molecule has 0 bridgehead atoms. The normalized spacial score (nSPS) is 21.3. The first-order valence-corrected chi connectivity index (χ1v) is 4.58. The maximum absolute atomic E-state index is 6.14. The van der Waals surface area contributed by atoms with E-state index < -0.39 is 0 Å². The molecule has 1 nitrogen and oxygen atoms in total. The summed E-state index contributed by atoms with van der Waals surface area (Å²) >= 11 is 6.14. The molecule has 0 fully saturated rings. The Morgan fingerprint density at radius 3 is 3.17 bits per heavy atom. The number of aryl methyl sites for hydroxylation is 1. The molecule has 2 rings (SSSR count). The molecule has 1 atom stereocenters. The molecule has 0 aromatic heterocycles. The molecule has 1 heterocycles.